The van der Waals surface area contributed by atoms with Crippen molar-refractivity contribution >= 4 is 33.2 Å². The molecule has 0 spiro atoms. The van der Waals surface area contributed by atoms with Gasteiger partial charge in [-0.1, -0.05) is 12.1 Å². The minimum absolute atomic E-state index is 0.115. The highest BCUT2D eigenvalue weighted by Crippen LogP contribution is 2.32. The van der Waals surface area contributed by atoms with Crippen molar-refractivity contribution in [3.8, 4) is 5.75 Å². The Balaban J connectivity index is 2.08. The van der Waals surface area contributed by atoms with Crippen LogP contribution < -0.4 is 15.0 Å². The zero-order valence-electron chi connectivity index (χ0n) is 15.1. The SMILES string of the molecule is COc1ccc(C(=O)N2CC(=O)Nc3ccccc32)cc1S(=O)(=O)N(C)C. The van der Waals surface area contributed by atoms with Crippen LogP contribution in [0.1, 0.15) is 10.4 Å². The maximum absolute atomic E-state index is 13.1. The number of nitrogens with zero attached hydrogens (tertiary/aromatic N) is 2. The van der Waals surface area contributed by atoms with Crippen LogP contribution >= 0.6 is 0 Å². The Labute approximate surface area is 157 Å². The van der Waals surface area contributed by atoms with E-state index in [0.717, 1.165) is 4.31 Å². The summed E-state index contributed by atoms with van der Waals surface area (Å²) in [4.78, 5) is 26.2. The van der Waals surface area contributed by atoms with E-state index in [1.807, 2.05) is 0 Å². The largest absolute Gasteiger partial charge is 0.495 e. The highest BCUT2D eigenvalue weighted by Gasteiger charge is 2.29. The Morgan fingerprint density at radius 3 is 2.56 bits per heavy atom. The number of methoxy groups -OCH3 is 1. The normalized spacial score (nSPS) is 13.9. The number of benzene rings is 2. The van der Waals surface area contributed by atoms with Crippen LogP contribution in [0.2, 0.25) is 0 Å². The van der Waals surface area contributed by atoms with Gasteiger partial charge in [0.25, 0.3) is 5.91 Å². The fourth-order valence-corrected chi connectivity index (χ4v) is 3.85. The molecule has 0 radical (unpaired) electrons. The third kappa shape index (κ3) is 3.38. The number of nitrogens with one attached hydrogen (secondary N) is 1. The second-order valence-electron chi connectivity index (χ2n) is 6.11. The summed E-state index contributed by atoms with van der Waals surface area (Å²) >= 11 is 0. The Morgan fingerprint density at radius 2 is 1.89 bits per heavy atom. The quantitative estimate of drug-likeness (QED) is 0.856. The van der Waals surface area contributed by atoms with Crippen LogP contribution in [0, 0.1) is 0 Å². The first-order chi connectivity index (χ1) is 12.8. The predicted octanol–water partition coefficient (Wildman–Crippen LogP) is 1.54. The fraction of sp³-hybridized carbons (Fsp3) is 0.222. The summed E-state index contributed by atoms with van der Waals surface area (Å²) in [6.45, 7) is -0.155. The Kier molecular flexibility index (Phi) is 4.90. The van der Waals surface area contributed by atoms with Gasteiger partial charge < -0.3 is 10.1 Å². The first-order valence-corrected chi connectivity index (χ1v) is 9.51. The van der Waals surface area contributed by atoms with Gasteiger partial charge in [-0.05, 0) is 30.3 Å². The first-order valence-electron chi connectivity index (χ1n) is 8.07. The van der Waals surface area contributed by atoms with Crippen LogP contribution in [0.3, 0.4) is 0 Å². The molecular weight excluding hydrogens is 370 g/mol. The maximum atomic E-state index is 13.1. The molecule has 2 aromatic carbocycles. The van der Waals surface area contributed by atoms with Crippen LogP contribution in [-0.2, 0) is 14.8 Å². The standard InChI is InChI=1S/C18H19N3O5S/c1-20(2)27(24,25)16-10-12(8-9-15(16)26-3)18(23)21-11-17(22)19-13-6-4-5-7-14(13)21/h4-10H,11H2,1-3H3,(H,19,22). The molecule has 27 heavy (non-hydrogen) atoms. The number of hydrogen-bond donors (Lipinski definition) is 1. The van der Waals surface area contributed by atoms with E-state index in [1.165, 1.54) is 44.3 Å². The van der Waals surface area contributed by atoms with Gasteiger partial charge in [-0.2, -0.15) is 0 Å². The van der Waals surface area contributed by atoms with Crippen molar-refractivity contribution in [2.45, 2.75) is 4.90 Å². The fourth-order valence-electron chi connectivity index (χ4n) is 2.78. The molecule has 8 nitrogen and oxygen atoms in total. The van der Waals surface area contributed by atoms with E-state index in [4.69, 9.17) is 4.74 Å². The van der Waals surface area contributed by atoms with Crippen LogP contribution in [0.25, 0.3) is 0 Å². The van der Waals surface area contributed by atoms with Crippen molar-refractivity contribution < 1.29 is 22.7 Å². The highest BCUT2D eigenvalue weighted by atomic mass is 32.2. The van der Waals surface area contributed by atoms with Gasteiger partial charge >= 0.3 is 0 Å². The number of hydrogen-bond acceptors (Lipinski definition) is 5. The van der Waals surface area contributed by atoms with E-state index in [0.29, 0.717) is 11.4 Å². The van der Waals surface area contributed by atoms with Crippen molar-refractivity contribution in [3.63, 3.8) is 0 Å². The molecule has 0 unspecified atom stereocenters. The molecule has 0 aromatic heterocycles. The van der Waals surface area contributed by atoms with E-state index in [-0.39, 0.29) is 28.7 Å². The van der Waals surface area contributed by atoms with Crippen molar-refractivity contribution in [1.29, 1.82) is 0 Å². The zero-order valence-corrected chi connectivity index (χ0v) is 15.9. The zero-order chi connectivity index (χ0) is 19.8. The molecule has 0 saturated carbocycles. The number of amides is 2. The lowest BCUT2D eigenvalue weighted by Gasteiger charge is -2.29. The molecule has 0 saturated heterocycles. The molecule has 142 valence electrons. The van der Waals surface area contributed by atoms with Crippen LogP contribution in [0.5, 0.6) is 5.75 Å². The number of ether oxygens (including phenoxy) is 1. The predicted molar refractivity (Wildman–Crippen MR) is 101 cm³/mol. The number of rotatable bonds is 4. The third-order valence-corrected chi connectivity index (χ3v) is 6.02. The van der Waals surface area contributed by atoms with Crippen molar-refractivity contribution in [1.82, 2.24) is 4.31 Å². The maximum Gasteiger partial charge on any atom is 0.258 e. The smallest absolute Gasteiger partial charge is 0.258 e. The first kappa shape index (κ1) is 18.9. The van der Waals surface area contributed by atoms with Gasteiger partial charge in [0.15, 0.2) is 0 Å². The molecule has 2 amide bonds. The summed E-state index contributed by atoms with van der Waals surface area (Å²) in [6, 6.07) is 11.1. The number of para-hydroxylation sites is 2. The summed E-state index contributed by atoms with van der Waals surface area (Å²) in [7, 11) is 0.333. The number of carbonyl (C=O) groups excluding carboxylic acids is 2. The summed E-state index contributed by atoms with van der Waals surface area (Å²) in [5, 5.41) is 2.71. The van der Waals surface area contributed by atoms with E-state index in [1.54, 1.807) is 24.3 Å². The molecule has 1 heterocycles. The van der Waals surface area contributed by atoms with Crippen LogP contribution in [-0.4, -0.2) is 52.3 Å². The molecule has 1 aliphatic heterocycles. The lowest BCUT2D eigenvalue weighted by Crippen LogP contribution is -2.42. The number of anilines is 2. The molecule has 0 aliphatic carbocycles. The van der Waals surface area contributed by atoms with Crippen LogP contribution in [0.15, 0.2) is 47.4 Å². The second-order valence-corrected chi connectivity index (χ2v) is 8.23. The molecular formula is C18H19N3O5S. The van der Waals surface area contributed by atoms with E-state index in [2.05, 4.69) is 5.32 Å². The average Bonchev–Trinajstić information content (AvgIpc) is 2.66. The summed E-state index contributed by atoms with van der Waals surface area (Å²) in [5.74, 6) is -0.663. The van der Waals surface area contributed by atoms with E-state index in [9.17, 15) is 18.0 Å². The molecule has 0 bridgehead atoms. The third-order valence-electron chi connectivity index (χ3n) is 4.19. The molecule has 2 aromatic rings. The lowest BCUT2D eigenvalue weighted by atomic mass is 10.1. The lowest BCUT2D eigenvalue weighted by molar-refractivity contribution is -0.115. The minimum atomic E-state index is -3.82. The van der Waals surface area contributed by atoms with Gasteiger partial charge in [0.1, 0.15) is 17.2 Å². The van der Waals surface area contributed by atoms with Crippen molar-refractivity contribution in [3.05, 3.63) is 48.0 Å². The average molecular weight is 389 g/mol. The number of sulfonamides is 1. The van der Waals surface area contributed by atoms with Crippen LogP contribution in [0.4, 0.5) is 11.4 Å². The van der Waals surface area contributed by atoms with Gasteiger partial charge in [0, 0.05) is 19.7 Å². The van der Waals surface area contributed by atoms with Crippen molar-refractivity contribution in [2.24, 2.45) is 0 Å². The molecule has 3 rings (SSSR count). The summed E-state index contributed by atoms with van der Waals surface area (Å²) < 4.78 is 31.3. The van der Waals surface area contributed by atoms with Gasteiger partial charge in [0.05, 0.1) is 18.5 Å². The van der Waals surface area contributed by atoms with Crippen molar-refractivity contribution in [2.75, 3.05) is 38.0 Å². The monoisotopic (exact) mass is 389 g/mol. The second kappa shape index (κ2) is 7.01. The number of carbonyl (C=O) groups is 2. The Morgan fingerprint density at radius 1 is 1.19 bits per heavy atom. The number of fused-ring (bicyclic) bond motifs is 1. The van der Waals surface area contributed by atoms with E-state index >= 15 is 0 Å². The Bertz CT molecular complexity index is 1020. The minimum Gasteiger partial charge on any atom is -0.495 e. The molecule has 1 N–H and O–H groups in total. The van der Waals surface area contributed by atoms with Gasteiger partial charge in [0.2, 0.25) is 15.9 Å². The summed E-state index contributed by atoms with van der Waals surface area (Å²) in [6.07, 6.45) is 0. The highest BCUT2D eigenvalue weighted by molar-refractivity contribution is 7.89. The topological polar surface area (TPSA) is 96.0 Å². The summed E-state index contributed by atoms with van der Waals surface area (Å²) in [5.41, 5.74) is 1.22. The molecule has 1 aliphatic rings. The molecule has 0 fully saturated rings. The van der Waals surface area contributed by atoms with E-state index < -0.39 is 15.9 Å². The Hall–Kier alpha value is -2.91. The van der Waals surface area contributed by atoms with Gasteiger partial charge in [-0.3, -0.25) is 14.5 Å². The molecule has 9 heteroatoms. The molecule has 0 atom stereocenters. The van der Waals surface area contributed by atoms with Gasteiger partial charge in [-0.25, -0.2) is 12.7 Å². The van der Waals surface area contributed by atoms with Gasteiger partial charge in [-0.15, -0.1) is 0 Å².